The molecule has 2 atom stereocenters. The van der Waals surface area contributed by atoms with E-state index in [0.717, 1.165) is 26.2 Å². The molecular weight excluding hydrogens is 645 g/mol. The van der Waals surface area contributed by atoms with E-state index >= 15 is 0 Å². The molecule has 4 nitrogen and oxygen atoms in total. The second-order valence-corrected chi connectivity index (χ2v) is 24.7. The predicted octanol–water partition coefficient (Wildman–Crippen LogP) is 8.46. The number of rotatable bonds is 9. The molecule has 2 aromatic carbocycles. The van der Waals surface area contributed by atoms with E-state index < -0.39 is 16.6 Å². The molecule has 240 valence electrons. The summed E-state index contributed by atoms with van der Waals surface area (Å²) in [6, 6.07) is 23.2. The van der Waals surface area contributed by atoms with Crippen LogP contribution in [0, 0.1) is 7.43 Å². The Bertz CT molecular complexity index is 1080. The van der Waals surface area contributed by atoms with Crippen molar-refractivity contribution in [1.82, 2.24) is 9.47 Å². The molecule has 2 heterocycles. The van der Waals surface area contributed by atoms with Gasteiger partial charge in [0.15, 0.2) is 5.96 Å². The van der Waals surface area contributed by atoms with Crippen LogP contribution in [0.1, 0.15) is 73.6 Å². The molecule has 0 radical (unpaired) electrons. The fraction of sp³-hybridized carbons (Fsp3) is 0.588. The average molecular weight is 700 g/mol. The van der Waals surface area contributed by atoms with E-state index in [1.54, 1.807) is 0 Å². The first-order valence-electron chi connectivity index (χ1n) is 16.0. The second-order valence-electron chi connectivity index (χ2n) is 13.2. The molecule has 0 bridgehead atoms. The van der Waals surface area contributed by atoms with Gasteiger partial charge in [-0.3, -0.25) is 4.99 Å². The van der Waals surface area contributed by atoms with Gasteiger partial charge in [-0.15, -0.1) is 0 Å². The zero-order chi connectivity index (χ0) is 30.3. The van der Waals surface area contributed by atoms with Crippen LogP contribution in [0.5, 0.6) is 0 Å². The van der Waals surface area contributed by atoms with Gasteiger partial charge in [0.05, 0.1) is 0 Å². The van der Waals surface area contributed by atoms with Crippen LogP contribution >= 0.6 is 20.1 Å². The summed E-state index contributed by atoms with van der Waals surface area (Å²) < 4.78 is 10.3. The SMILES string of the molecule is CC(C)[Si](OC1CCC([Si](c2ccccc2)(c2ccccc2)N2CCCN3CCCN=C32)C1)(C(C)C)C(C)C.[CH3-].[Cl][Cr][Cl]. The zero-order valence-electron chi connectivity index (χ0n) is 27.4. The molecule has 2 unspecified atom stereocenters. The summed E-state index contributed by atoms with van der Waals surface area (Å²) in [5.74, 6) is 1.28. The van der Waals surface area contributed by atoms with Crippen molar-refractivity contribution >= 4 is 53.0 Å². The van der Waals surface area contributed by atoms with Gasteiger partial charge in [0.1, 0.15) is 0 Å². The molecule has 2 aromatic rings. The molecule has 2 aliphatic heterocycles. The molecule has 9 heteroatoms. The maximum atomic E-state index is 7.48. The molecule has 0 N–H and O–H groups in total. The number of hydrogen-bond acceptors (Lipinski definition) is 4. The summed E-state index contributed by atoms with van der Waals surface area (Å²) in [4.78, 5) is 7.84. The maximum absolute atomic E-state index is 7.48. The Hall–Kier alpha value is -0.784. The Labute approximate surface area is 279 Å². The van der Waals surface area contributed by atoms with Gasteiger partial charge in [-0.05, 0) is 64.6 Å². The molecule has 43 heavy (non-hydrogen) atoms. The molecule has 0 amide bonds. The number of benzene rings is 2. The zero-order valence-corrected chi connectivity index (χ0v) is 32.2. The number of nitrogens with zero attached hydrogens (tertiary/aromatic N) is 3. The predicted molar refractivity (Wildman–Crippen MR) is 189 cm³/mol. The normalized spacial score (nSPS) is 20.9. The summed E-state index contributed by atoms with van der Waals surface area (Å²) in [6.07, 6.45) is 6.34. The Morgan fingerprint density at radius 2 is 1.30 bits per heavy atom. The van der Waals surface area contributed by atoms with Crippen LogP contribution in [0.3, 0.4) is 0 Å². The van der Waals surface area contributed by atoms with Crippen LogP contribution in [0.2, 0.25) is 22.2 Å². The molecule has 0 spiro atoms. The third-order valence-corrected chi connectivity index (χ3v) is 21.6. The molecule has 1 saturated heterocycles. The van der Waals surface area contributed by atoms with E-state index in [-0.39, 0.29) is 20.8 Å². The molecule has 0 aromatic heterocycles. The summed E-state index contributed by atoms with van der Waals surface area (Å²) in [6.45, 7) is 18.9. The minimum atomic E-state index is -2.42. The summed E-state index contributed by atoms with van der Waals surface area (Å²) in [7, 11) is 5.29. The van der Waals surface area contributed by atoms with Crippen LogP contribution < -0.4 is 10.4 Å². The average Bonchev–Trinajstić information content (AvgIpc) is 3.46. The van der Waals surface area contributed by atoms with Crippen LogP contribution in [-0.4, -0.2) is 64.3 Å². The number of aliphatic imine (C=N–C) groups is 1. The number of halogens is 2. The van der Waals surface area contributed by atoms with Gasteiger partial charge in [0, 0.05) is 32.3 Å². The van der Waals surface area contributed by atoms with Crippen molar-refractivity contribution in [3.8, 4) is 0 Å². The number of hydrogen-bond donors (Lipinski definition) is 0. The Morgan fingerprint density at radius 1 is 0.791 bits per heavy atom. The van der Waals surface area contributed by atoms with E-state index in [0.29, 0.717) is 28.3 Å². The van der Waals surface area contributed by atoms with Crippen molar-refractivity contribution in [2.75, 3.05) is 26.2 Å². The first-order chi connectivity index (χ1) is 20.2. The number of fused-ring (bicyclic) bond motifs is 1. The molecule has 5 rings (SSSR count). The quantitative estimate of drug-likeness (QED) is 0.194. The summed E-state index contributed by atoms with van der Waals surface area (Å²) >= 11 is -0.181. The van der Waals surface area contributed by atoms with E-state index in [4.69, 9.17) is 29.5 Å². The fourth-order valence-corrected chi connectivity index (χ4v) is 20.2. The van der Waals surface area contributed by atoms with Crippen molar-refractivity contribution in [3.63, 3.8) is 0 Å². The van der Waals surface area contributed by atoms with Crippen molar-refractivity contribution in [2.45, 2.75) is 102 Å². The van der Waals surface area contributed by atoms with Gasteiger partial charge in [-0.2, -0.15) is 0 Å². The van der Waals surface area contributed by atoms with E-state index in [2.05, 4.69) is 112 Å². The Kier molecular flexibility index (Phi) is 14.2. The summed E-state index contributed by atoms with van der Waals surface area (Å²) in [5.41, 5.74) is 2.45. The van der Waals surface area contributed by atoms with Gasteiger partial charge in [0.25, 0.3) is 0 Å². The van der Waals surface area contributed by atoms with Crippen LogP contribution in [0.25, 0.3) is 0 Å². The van der Waals surface area contributed by atoms with Crippen molar-refractivity contribution < 1.29 is 17.8 Å². The second kappa shape index (κ2) is 16.7. The van der Waals surface area contributed by atoms with E-state index in [1.807, 2.05) is 0 Å². The first kappa shape index (κ1) is 36.7. The molecule has 2 fully saturated rings. The number of guanidine groups is 1. The van der Waals surface area contributed by atoms with Crippen molar-refractivity contribution in [2.24, 2.45) is 4.99 Å². The van der Waals surface area contributed by atoms with Crippen LogP contribution in [0.4, 0.5) is 0 Å². The van der Waals surface area contributed by atoms with Crippen LogP contribution in [-0.2, 0) is 17.8 Å². The fourth-order valence-electron chi connectivity index (χ4n) is 8.64. The van der Waals surface area contributed by atoms with Gasteiger partial charge in [0.2, 0.25) is 16.6 Å². The van der Waals surface area contributed by atoms with Gasteiger partial charge < -0.3 is 21.3 Å². The van der Waals surface area contributed by atoms with Gasteiger partial charge in [-0.25, -0.2) is 0 Å². The van der Waals surface area contributed by atoms with Crippen LogP contribution in [0.15, 0.2) is 65.7 Å². The van der Waals surface area contributed by atoms with Gasteiger partial charge >= 0.3 is 33.5 Å². The summed E-state index contributed by atoms with van der Waals surface area (Å²) in [5, 5.41) is 3.08. The standard InChI is InChI=1S/C33H51N3OSi2.CH3.2ClH.Cr/c1-26(2)39(27(3)4,28(5)6)37-29-19-20-32(25-29)38(30-15-9-7-10-16-30,31-17-11-8-12-18-31)36-24-14-23-35-22-13-21-34-33(35)36;;;;/h7-12,15-18,26-29,32H,13-14,19-25H2,1-6H3;1H3;2*1H;/q;-1;;;+2/p-2. The molecule has 3 aliphatic rings. The molecule has 1 saturated carbocycles. The Balaban J connectivity index is 0.00000121. The van der Waals surface area contributed by atoms with Gasteiger partial charge in [-0.1, -0.05) is 102 Å². The minimum absolute atomic E-state index is 0. The van der Waals surface area contributed by atoms with Crippen molar-refractivity contribution in [1.29, 1.82) is 0 Å². The topological polar surface area (TPSA) is 28.1 Å². The monoisotopic (exact) mass is 698 g/mol. The third kappa shape index (κ3) is 7.45. The van der Waals surface area contributed by atoms with E-state index in [1.165, 1.54) is 48.4 Å². The third-order valence-electron chi connectivity index (χ3n) is 10.1. The molecular formula is C34H54Cl2CrN3OSi2-. The molecule has 1 aliphatic carbocycles. The Morgan fingerprint density at radius 3 is 1.81 bits per heavy atom. The van der Waals surface area contributed by atoms with Crippen molar-refractivity contribution in [3.05, 3.63) is 68.1 Å². The van der Waals surface area contributed by atoms with E-state index in [9.17, 15) is 0 Å². The first-order valence-corrected chi connectivity index (χ1v) is 23.7.